The lowest BCUT2D eigenvalue weighted by molar-refractivity contribution is 0.260. The summed E-state index contributed by atoms with van der Waals surface area (Å²) in [6.45, 7) is 1.64. The number of hydrogen-bond acceptors (Lipinski definition) is 6. The molecule has 0 saturated carbocycles. The van der Waals surface area contributed by atoms with Gasteiger partial charge in [0.1, 0.15) is 5.82 Å². The van der Waals surface area contributed by atoms with Crippen molar-refractivity contribution in [2.75, 3.05) is 17.5 Å². The Morgan fingerprint density at radius 1 is 1.43 bits per heavy atom. The van der Waals surface area contributed by atoms with Crippen LogP contribution >= 0.6 is 0 Å². The number of pyridine rings is 1. The van der Waals surface area contributed by atoms with Crippen molar-refractivity contribution in [3.05, 3.63) is 30.2 Å². The molecule has 2 rings (SSSR count). The Balaban J connectivity index is 2.50. The number of amides is 1. The molecule has 0 atom stereocenters. The normalized spacial score (nSPS) is 11.1. The molecule has 0 aliphatic heterocycles. The monoisotopic (exact) mass is 310 g/mol. The van der Waals surface area contributed by atoms with E-state index in [1.54, 1.807) is 19.1 Å². The van der Waals surface area contributed by atoms with Crippen LogP contribution in [0.15, 0.2) is 29.0 Å². The number of furan rings is 1. The standard InChI is InChI=1S/C12H14N4O4S/c1-7-6-20-10(8-4-3-5-15-11(8)13)9(7)16-21(18,19)12(17)14-2/h3-6,16H,1-2H3,(H2,13,15)(H,14,17). The van der Waals surface area contributed by atoms with Crippen molar-refractivity contribution in [3.8, 4) is 11.3 Å². The summed E-state index contributed by atoms with van der Waals surface area (Å²) in [4.78, 5) is 15.3. The van der Waals surface area contributed by atoms with Crippen molar-refractivity contribution in [1.82, 2.24) is 10.3 Å². The number of carbonyl (C=O) groups excluding carboxylic acids is 1. The van der Waals surface area contributed by atoms with Crippen LogP contribution in [0, 0.1) is 6.92 Å². The van der Waals surface area contributed by atoms with Crippen molar-refractivity contribution >= 4 is 26.8 Å². The van der Waals surface area contributed by atoms with Gasteiger partial charge in [-0.2, -0.15) is 8.42 Å². The second-order valence-electron chi connectivity index (χ2n) is 4.20. The Labute approximate surface area is 121 Å². The van der Waals surface area contributed by atoms with E-state index in [0.717, 1.165) is 0 Å². The van der Waals surface area contributed by atoms with Crippen LogP contribution in [0.3, 0.4) is 0 Å². The fraction of sp³-hybridized carbons (Fsp3) is 0.167. The zero-order valence-corrected chi connectivity index (χ0v) is 12.2. The van der Waals surface area contributed by atoms with Gasteiger partial charge in [0, 0.05) is 18.8 Å². The zero-order valence-electron chi connectivity index (χ0n) is 11.4. The molecule has 2 heterocycles. The number of rotatable bonds is 3. The van der Waals surface area contributed by atoms with Crippen LogP contribution in [0.25, 0.3) is 11.3 Å². The molecule has 0 bridgehead atoms. The third kappa shape index (κ3) is 2.82. The molecule has 0 radical (unpaired) electrons. The summed E-state index contributed by atoms with van der Waals surface area (Å²) in [5.41, 5.74) is 6.85. The number of nitrogens with one attached hydrogen (secondary N) is 2. The van der Waals surface area contributed by atoms with Gasteiger partial charge in [-0.05, 0) is 19.1 Å². The second kappa shape index (κ2) is 5.44. The number of hydrogen-bond donors (Lipinski definition) is 3. The maximum absolute atomic E-state index is 11.8. The Kier molecular flexibility index (Phi) is 3.85. The van der Waals surface area contributed by atoms with Gasteiger partial charge in [-0.25, -0.2) is 4.98 Å². The van der Waals surface area contributed by atoms with Gasteiger partial charge in [-0.1, -0.05) is 0 Å². The lowest BCUT2D eigenvalue weighted by Crippen LogP contribution is -2.31. The molecule has 0 aliphatic carbocycles. The Bertz CT molecular complexity index is 782. The molecular weight excluding hydrogens is 296 g/mol. The SMILES string of the molecule is CNC(=O)S(=O)(=O)Nc1c(C)coc1-c1cccnc1N. The minimum Gasteiger partial charge on any atom is -0.462 e. The average Bonchev–Trinajstić information content (AvgIpc) is 2.79. The van der Waals surface area contributed by atoms with Gasteiger partial charge in [-0.15, -0.1) is 0 Å². The van der Waals surface area contributed by atoms with Crippen molar-refractivity contribution in [1.29, 1.82) is 0 Å². The summed E-state index contributed by atoms with van der Waals surface area (Å²) in [5, 5.41) is 0.906. The predicted molar refractivity (Wildman–Crippen MR) is 78.1 cm³/mol. The van der Waals surface area contributed by atoms with E-state index in [1.807, 2.05) is 0 Å². The highest BCUT2D eigenvalue weighted by Crippen LogP contribution is 2.35. The van der Waals surface area contributed by atoms with E-state index in [1.165, 1.54) is 19.5 Å². The van der Waals surface area contributed by atoms with Crippen molar-refractivity contribution in [2.24, 2.45) is 0 Å². The van der Waals surface area contributed by atoms with E-state index >= 15 is 0 Å². The molecule has 1 amide bonds. The summed E-state index contributed by atoms with van der Waals surface area (Å²) in [6.07, 6.45) is 2.87. The van der Waals surface area contributed by atoms with E-state index in [0.29, 0.717) is 11.1 Å². The third-order valence-electron chi connectivity index (χ3n) is 2.74. The van der Waals surface area contributed by atoms with E-state index in [4.69, 9.17) is 10.2 Å². The van der Waals surface area contributed by atoms with Crippen LogP contribution in [0.5, 0.6) is 0 Å². The minimum absolute atomic E-state index is 0.151. The van der Waals surface area contributed by atoms with Gasteiger partial charge >= 0.3 is 15.3 Å². The number of aromatic nitrogens is 1. The second-order valence-corrected chi connectivity index (χ2v) is 5.78. The molecule has 4 N–H and O–H groups in total. The molecule has 0 fully saturated rings. The summed E-state index contributed by atoms with van der Waals surface area (Å²) in [6, 6.07) is 3.28. The molecule has 8 nitrogen and oxygen atoms in total. The summed E-state index contributed by atoms with van der Waals surface area (Å²) >= 11 is 0. The molecule has 9 heteroatoms. The largest absolute Gasteiger partial charge is 0.462 e. The Morgan fingerprint density at radius 2 is 2.14 bits per heavy atom. The van der Waals surface area contributed by atoms with Gasteiger partial charge < -0.3 is 15.5 Å². The number of sulfonamides is 1. The van der Waals surface area contributed by atoms with Crippen LogP contribution in [0.2, 0.25) is 0 Å². The quantitative estimate of drug-likeness (QED) is 0.784. The van der Waals surface area contributed by atoms with Gasteiger partial charge in [-0.3, -0.25) is 9.52 Å². The molecule has 0 aromatic carbocycles. The van der Waals surface area contributed by atoms with Crippen LogP contribution in [-0.4, -0.2) is 25.7 Å². The topological polar surface area (TPSA) is 127 Å². The maximum Gasteiger partial charge on any atom is 0.356 e. The molecule has 112 valence electrons. The van der Waals surface area contributed by atoms with Crippen LogP contribution in [-0.2, 0) is 10.0 Å². The molecule has 2 aromatic heterocycles. The lowest BCUT2D eigenvalue weighted by atomic mass is 10.1. The third-order valence-corrected chi connectivity index (χ3v) is 3.91. The first-order valence-electron chi connectivity index (χ1n) is 5.90. The molecule has 0 spiro atoms. The van der Waals surface area contributed by atoms with E-state index in [-0.39, 0.29) is 17.3 Å². The number of aryl methyl sites for hydroxylation is 1. The Morgan fingerprint density at radius 3 is 2.76 bits per heavy atom. The van der Waals surface area contributed by atoms with Gasteiger partial charge in [0.15, 0.2) is 5.76 Å². The minimum atomic E-state index is -4.22. The summed E-state index contributed by atoms with van der Waals surface area (Å²) < 4.78 is 31.2. The predicted octanol–water partition coefficient (Wildman–Crippen LogP) is 1.31. The molecule has 2 aromatic rings. The smallest absolute Gasteiger partial charge is 0.356 e. The molecule has 21 heavy (non-hydrogen) atoms. The fourth-order valence-electron chi connectivity index (χ4n) is 1.69. The van der Waals surface area contributed by atoms with E-state index in [9.17, 15) is 13.2 Å². The highest BCUT2D eigenvalue weighted by molar-refractivity contribution is 8.07. The zero-order chi connectivity index (χ0) is 15.6. The summed E-state index contributed by atoms with van der Waals surface area (Å²) in [5.74, 6) is 0.387. The molecule has 0 unspecified atom stereocenters. The lowest BCUT2D eigenvalue weighted by Gasteiger charge is -2.08. The summed E-state index contributed by atoms with van der Waals surface area (Å²) in [7, 11) is -2.99. The molecule has 0 saturated heterocycles. The van der Waals surface area contributed by atoms with Crippen LogP contribution < -0.4 is 15.8 Å². The number of nitrogens with two attached hydrogens (primary N) is 1. The van der Waals surface area contributed by atoms with Crippen molar-refractivity contribution in [3.63, 3.8) is 0 Å². The first-order valence-corrected chi connectivity index (χ1v) is 7.38. The maximum atomic E-state index is 11.8. The van der Waals surface area contributed by atoms with E-state index in [2.05, 4.69) is 15.0 Å². The van der Waals surface area contributed by atoms with Crippen molar-refractivity contribution in [2.45, 2.75) is 6.92 Å². The first kappa shape index (κ1) is 14.9. The molecular formula is C12H14N4O4S. The number of nitrogens with zero attached hydrogens (tertiary/aromatic N) is 1. The van der Waals surface area contributed by atoms with Gasteiger partial charge in [0.05, 0.1) is 17.5 Å². The van der Waals surface area contributed by atoms with E-state index < -0.39 is 15.3 Å². The first-order chi connectivity index (χ1) is 9.86. The number of nitrogen functional groups attached to an aromatic ring is 1. The number of anilines is 2. The van der Waals surface area contributed by atoms with Crippen molar-refractivity contribution < 1.29 is 17.6 Å². The Hall–Kier alpha value is -2.55. The molecule has 0 aliphatic rings. The van der Waals surface area contributed by atoms with Gasteiger partial charge in [0.2, 0.25) is 0 Å². The average molecular weight is 310 g/mol. The fourth-order valence-corrected chi connectivity index (χ4v) is 2.58. The number of carbonyl (C=O) groups is 1. The van der Waals surface area contributed by atoms with Crippen LogP contribution in [0.1, 0.15) is 5.56 Å². The van der Waals surface area contributed by atoms with Gasteiger partial charge in [0.25, 0.3) is 0 Å². The highest BCUT2D eigenvalue weighted by Gasteiger charge is 2.25. The highest BCUT2D eigenvalue weighted by atomic mass is 32.2. The van der Waals surface area contributed by atoms with Crippen LogP contribution in [0.4, 0.5) is 16.3 Å².